The van der Waals surface area contributed by atoms with Crippen LogP contribution in [0.3, 0.4) is 0 Å². The normalized spacial score (nSPS) is 28.9. The summed E-state index contributed by atoms with van der Waals surface area (Å²) < 4.78 is 8.43. The fraction of sp³-hybridized carbons (Fsp3) is 0.462. The number of carbonyl (C=O) groups excluding carboxylic acids is 1. The van der Waals surface area contributed by atoms with Crippen LogP contribution in [0.1, 0.15) is 11.6 Å². The Kier molecular flexibility index (Phi) is 3.86. The second kappa shape index (κ2) is 5.09. The summed E-state index contributed by atoms with van der Waals surface area (Å²) in [5.74, 6) is 0. The molecule has 0 amide bonds. The van der Waals surface area contributed by atoms with Gasteiger partial charge >= 0.3 is 0 Å². The lowest BCUT2D eigenvalue weighted by Crippen LogP contribution is -2.64. The van der Waals surface area contributed by atoms with Crippen LogP contribution in [-0.2, 0) is 9.22 Å². The molecule has 98 valence electrons. The average molecular weight is 279 g/mol. The molecule has 0 saturated carbocycles. The summed E-state index contributed by atoms with van der Waals surface area (Å²) in [7, 11) is -0.738. The Hall–Kier alpha value is -0.756. The molecule has 1 saturated heterocycles. The summed E-state index contributed by atoms with van der Waals surface area (Å²) in [4.78, 5) is 11.2. The van der Waals surface area contributed by atoms with Crippen molar-refractivity contribution in [2.45, 2.75) is 37.8 Å². The zero-order valence-corrected chi connectivity index (χ0v) is 14.5. The molecular formula is C13H21NO2Si2. The van der Waals surface area contributed by atoms with Crippen LogP contribution in [0.15, 0.2) is 30.3 Å². The lowest BCUT2D eigenvalue weighted by Gasteiger charge is -2.53. The van der Waals surface area contributed by atoms with E-state index in [1.807, 2.05) is 18.2 Å². The van der Waals surface area contributed by atoms with Gasteiger partial charge in [0.05, 0.1) is 28.6 Å². The lowest BCUT2D eigenvalue weighted by molar-refractivity contribution is -0.126. The van der Waals surface area contributed by atoms with E-state index in [-0.39, 0.29) is 18.2 Å². The molecule has 0 radical (unpaired) electrons. The molecule has 3 nitrogen and oxygen atoms in total. The number of benzene rings is 1. The number of carbonyl (C=O) groups is 1. The van der Waals surface area contributed by atoms with Crippen LogP contribution in [0.25, 0.3) is 0 Å². The molecule has 3 unspecified atom stereocenters. The Morgan fingerprint density at radius 2 is 1.89 bits per heavy atom. The first-order valence-electron chi connectivity index (χ1n) is 6.34. The van der Waals surface area contributed by atoms with Gasteiger partial charge in [-0.1, -0.05) is 30.3 Å². The Bertz CT molecular complexity index is 419. The number of hydrogen-bond donors (Lipinski definition) is 0. The van der Waals surface area contributed by atoms with Gasteiger partial charge in [0.25, 0.3) is 0 Å². The molecule has 0 aromatic heterocycles. The van der Waals surface area contributed by atoms with E-state index in [0.29, 0.717) is 0 Å². The molecule has 2 rings (SSSR count). The number of rotatable bonds is 4. The first-order valence-corrected chi connectivity index (χ1v) is 10.6. The number of hydrogen-bond acceptors (Lipinski definition) is 3. The van der Waals surface area contributed by atoms with Crippen LogP contribution in [0.5, 0.6) is 0 Å². The van der Waals surface area contributed by atoms with Crippen molar-refractivity contribution in [2.24, 2.45) is 0 Å². The predicted molar refractivity (Wildman–Crippen MR) is 79.0 cm³/mol. The van der Waals surface area contributed by atoms with Gasteiger partial charge in [-0.05, 0) is 25.2 Å². The highest BCUT2D eigenvalue weighted by Gasteiger charge is 2.48. The molecule has 1 aliphatic heterocycles. The average Bonchev–Trinajstić information content (AvgIpc) is 2.29. The maximum atomic E-state index is 11.2. The second-order valence-corrected chi connectivity index (χ2v) is 11.3. The third-order valence-corrected chi connectivity index (χ3v) is 5.46. The Morgan fingerprint density at radius 3 is 2.39 bits per heavy atom. The highest BCUT2D eigenvalue weighted by atomic mass is 28.4. The van der Waals surface area contributed by atoms with Gasteiger partial charge in [-0.25, -0.2) is 0 Å². The zero-order chi connectivity index (χ0) is 13.3. The molecular weight excluding hydrogens is 258 g/mol. The van der Waals surface area contributed by atoms with Crippen molar-refractivity contribution in [1.29, 1.82) is 0 Å². The third kappa shape index (κ3) is 2.64. The molecule has 0 bridgehead atoms. The van der Waals surface area contributed by atoms with E-state index < -0.39 is 8.32 Å². The van der Waals surface area contributed by atoms with Crippen molar-refractivity contribution in [3.63, 3.8) is 0 Å². The summed E-state index contributed by atoms with van der Waals surface area (Å²) >= 11 is 0. The molecule has 1 aromatic carbocycles. The van der Waals surface area contributed by atoms with E-state index in [1.165, 1.54) is 5.56 Å². The molecule has 0 spiro atoms. The van der Waals surface area contributed by atoms with Gasteiger partial charge in [-0.2, -0.15) is 0 Å². The topological polar surface area (TPSA) is 29.5 Å². The van der Waals surface area contributed by atoms with Gasteiger partial charge in [0.15, 0.2) is 8.32 Å². The van der Waals surface area contributed by atoms with Crippen molar-refractivity contribution < 1.29 is 9.22 Å². The lowest BCUT2D eigenvalue weighted by atomic mass is 9.88. The van der Waals surface area contributed by atoms with Crippen LogP contribution in [0.4, 0.5) is 0 Å². The molecule has 5 heteroatoms. The molecule has 0 aliphatic carbocycles. The van der Waals surface area contributed by atoms with Crippen molar-refractivity contribution in [1.82, 2.24) is 4.57 Å². The van der Waals surface area contributed by atoms with Gasteiger partial charge in [0.2, 0.25) is 0 Å². The van der Waals surface area contributed by atoms with Crippen LogP contribution in [-0.4, -0.2) is 41.7 Å². The van der Waals surface area contributed by atoms with Gasteiger partial charge < -0.3 is 13.8 Å². The minimum atomic E-state index is -1.62. The maximum absolute atomic E-state index is 11.2. The summed E-state index contributed by atoms with van der Waals surface area (Å²) in [5.41, 5.74) is 1.26. The predicted octanol–water partition coefficient (Wildman–Crippen LogP) is 1.11. The molecule has 1 fully saturated rings. The van der Waals surface area contributed by atoms with E-state index in [9.17, 15) is 4.79 Å². The van der Waals surface area contributed by atoms with Crippen LogP contribution < -0.4 is 0 Å². The van der Waals surface area contributed by atoms with E-state index in [0.717, 1.165) is 16.7 Å². The SMILES string of the molecule is C[Si](C)(C)OC1C(C=O)N([SiH3])C1c1ccccc1. The first kappa shape index (κ1) is 13.7. The van der Waals surface area contributed by atoms with E-state index in [2.05, 4.69) is 36.3 Å². The summed E-state index contributed by atoms with van der Waals surface area (Å²) in [5, 5.41) is 0. The van der Waals surface area contributed by atoms with E-state index >= 15 is 0 Å². The maximum Gasteiger partial charge on any atom is 0.184 e. The molecule has 18 heavy (non-hydrogen) atoms. The number of aldehydes is 1. The standard InChI is InChI=1S/C13H21NO2Si2/c1-18(2,3)16-13-11(9-15)14(17)12(13)10-7-5-4-6-8-10/h4-9,11-13H,1-3,17H3. The molecule has 1 heterocycles. The van der Waals surface area contributed by atoms with Crippen LogP contribution >= 0.6 is 0 Å². The molecule has 3 atom stereocenters. The molecule has 1 aromatic rings. The van der Waals surface area contributed by atoms with Gasteiger partial charge in [-0.15, -0.1) is 0 Å². The smallest absolute Gasteiger partial charge is 0.184 e. The number of nitrogens with zero attached hydrogens (tertiary/aromatic N) is 1. The highest BCUT2D eigenvalue weighted by molar-refractivity contribution is 6.69. The Morgan fingerprint density at radius 1 is 1.28 bits per heavy atom. The van der Waals surface area contributed by atoms with E-state index in [4.69, 9.17) is 4.43 Å². The van der Waals surface area contributed by atoms with Gasteiger partial charge in [-0.3, -0.25) is 0 Å². The summed E-state index contributed by atoms with van der Waals surface area (Å²) in [6.45, 7) is 6.52. The molecule has 1 aliphatic rings. The summed E-state index contributed by atoms with van der Waals surface area (Å²) in [6, 6.07) is 10.6. The largest absolute Gasteiger partial charge is 0.411 e. The van der Waals surface area contributed by atoms with Crippen molar-refractivity contribution >= 4 is 25.0 Å². The fourth-order valence-corrected chi connectivity index (χ4v) is 4.62. The highest BCUT2D eigenvalue weighted by Crippen LogP contribution is 2.39. The minimum absolute atomic E-state index is 0.0362. The first-order chi connectivity index (χ1) is 8.44. The fourth-order valence-electron chi connectivity index (χ4n) is 2.53. The minimum Gasteiger partial charge on any atom is -0.411 e. The van der Waals surface area contributed by atoms with E-state index in [1.54, 1.807) is 0 Å². The zero-order valence-electron chi connectivity index (χ0n) is 11.5. The van der Waals surface area contributed by atoms with Crippen molar-refractivity contribution in [3.8, 4) is 0 Å². The van der Waals surface area contributed by atoms with Crippen LogP contribution in [0.2, 0.25) is 19.6 Å². The van der Waals surface area contributed by atoms with Gasteiger partial charge in [0, 0.05) is 0 Å². The molecule has 0 N–H and O–H groups in total. The second-order valence-electron chi connectivity index (χ2n) is 5.84. The van der Waals surface area contributed by atoms with Crippen LogP contribution in [0, 0.1) is 0 Å². The Balaban J connectivity index is 2.21. The monoisotopic (exact) mass is 279 g/mol. The van der Waals surface area contributed by atoms with Crippen molar-refractivity contribution in [2.75, 3.05) is 0 Å². The van der Waals surface area contributed by atoms with Crippen molar-refractivity contribution in [3.05, 3.63) is 35.9 Å². The summed E-state index contributed by atoms with van der Waals surface area (Å²) in [6.07, 6.45) is 1.08. The quantitative estimate of drug-likeness (QED) is 0.611. The Labute approximate surface area is 113 Å². The van der Waals surface area contributed by atoms with Gasteiger partial charge in [0.1, 0.15) is 6.29 Å². The third-order valence-electron chi connectivity index (χ3n) is 3.33.